The third-order valence-electron chi connectivity index (χ3n) is 3.10. The van der Waals surface area contributed by atoms with Gasteiger partial charge in [-0.2, -0.15) is 0 Å². The molecule has 2 rings (SSSR count). The Kier molecular flexibility index (Phi) is 3.13. The molecule has 0 amide bonds. The Hall–Kier alpha value is -1.81. The van der Waals surface area contributed by atoms with Gasteiger partial charge in [0, 0.05) is 4.88 Å². The van der Waals surface area contributed by atoms with Gasteiger partial charge in [0.2, 0.25) is 0 Å². The van der Waals surface area contributed by atoms with Gasteiger partial charge in [0.1, 0.15) is 5.00 Å². The number of aryl methyl sites for hydroxylation is 3. The number of nitrogens with two attached hydrogens (primary N) is 1. The van der Waals surface area contributed by atoms with E-state index in [1.807, 2.05) is 13.8 Å². The van der Waals surface area contributed by atoms with E-state index in [0.717, 1.165) is 16.0 Å². The lowest BCUT2D eigenvalue weighted by Crippen LogP contribution is -1.97. The van der Waals surface area contributed by atoms with Crippen LogP contribution in [0.2, 0.25) is 0 Å². The maximum atomic E-state index is 11.0. The first kappa shape index (κ1) is 12.6. The van der Waals surface area contributed by atoms with Gasteiger partial charge < -0.3 is 10.8 Å². The topological polar surface area (TPSA) is 63.3 Å². The molecule has 0 radical (unpaired) electrons. The van der Waals surface area contributed by atoms with Crippen LogP contribution >= 0.6 is 11.3 Å². The van der Waals surface area contributed by atoms with Crippen LogP contribution < -0.4 is 5.73 Å². The molecule has 0 spiro atoms. The number of anilines is 1. The molecule has 1 aromatic carbocycles. The van der Waals surface area contributed by atoms with Crippen LogP contribution in [0.5, 0.6) is 0 Å². The minimum absolute atomic E-state index is 0.188. The van der Waals surface area contributed by atoms with Crippen molar-refractivity contribution in [1.82, 2.24) is 0 Å². The number of carbonyl (C=O) groups is 1. The molecule has 0 aliphatic heterocycles. The van der Waals surface area contributed by atoms with Gasteiger partial charge in [-0.25, -0.2) is 4.79 Å². The van der Waals surface area contributed by atoms with Gasteiger partial charge in [0.25, 0.3) is 0 Å². The Labute approximate surface area is 110 Å². The standard InChI is InChI=1S/C14H15NO2S/c1-7-4-9(3)10(5-8(7)2)12-6-11(14(16)17)13(15)18-12/h4-6H,15H2,1-3H3,(H,16,17). The van der Waals surface area contributed by atoms with Crippen molar-refractivity contribution in [2.24, 2.45) is 0 Å². The molecule has 0 aliphatic rings. The van der Waals surface area contributed by atoms with E-state index in [9.17, 15) is 4.79 Å². The van der Waals surface area contributed by atoms with Gasteiger partial charge in [-0.05, 0) is 49.1 Å². The normalized spacial score (nSPS) is 10.6. The molecule has 0 unspecified atom stereocenters. The largest absolute Gasteiger partial charge is 0.478 e. The molecular formula is C14H15NO2S. The lowest BCUT2D eigenvalue weighted by molar-refractivity contribution is 0.0698. The molecule has 4 heteroatoms. The summed E-state index contributed by atoms with van der Waals surface area (Å²) in [6.07, 6.45) is 0. The minimum atomic E-state index is -0.975. The number of benzene rings is 1. The van der Waals surface area contributed by atoms with E-state index in [1.54, 1.807) is 6.07 Å². The fourth-order valence-electron chi connectivity index (χ4n) is 1.93. The molecule has 3 nitrogen and oxygen atoms in total. The molecule has 2 aromatic rings. The number of thiophene rings is 1. The van der Waals surface area contributed by atoms with Crippen molar-refractivity contribution in [3.8, 4) is 10.4 Å². The van der Waals surface area contributed by atoms with Gasteiger partial charge in [-0.1, -0.05) is 12.1 Å². The highest BCUT2D eigenvalue weighted by atomic mass is 32.1. The summed E-state index contributed by atoms with van der Waals surface area (Å²) >= 11 is 1.32. The van der Waals surface area contributed by atoms with E-state index < -0.39 is 5.97 Å². The fraction of sp³-hybridized carbons (Fsp3) is 0.214. The molecule has 0 saturated carbocycles. The van der Waals surface area contributed by atoms with E-state index in [0.29, 0.717) is 5.00 Å². The zero-order valence-corrected chi connectivity index (χ0v) is 11.4. The van der Waals surface area contributed by atoms with Gasteiger partial charge in [-0.3, -0.25) is 0 Å². The van der Waals surface area contributed by atoms with E-state index in [-0.39, 0.29) is 5.56 Å². The number of aromatic carboxylic acids is 1. The number of hydrogen-bond donors (Lipinski definition) is 2. The van der Waals surface area contributed by atoms with Crippen LogP contribution in [0.3, 0.4) is 0 Å². The third kappa shape index (κ3) is 2.11. The Bertz CT molecular complexity index is 629. The van der Waals surface area contributed by atoms with E-state index >= 15 is 0 Å². The second-order valence-electron chi connectivity index (χ2n) is 4.45. The highest BCUT2D eigenvalue weighted by molar-refractivity contribution is 7.19. The summed E-state index contributed by atoms with van der Waals surface area (Å²) in [7, 11) is 0. The third-order valence-corrected chi connectivity index (χ3v) is 4.09. The monoisotopic (exact) mass is 261 g/mol. The van der Waals surface area contributed by atoms with Gasteiger partial charge in [0.05, 0.1) is 5.56 Å². The molecule has 0 bridgehead atoms. The minimum Gasteiger partial charge on any atom is -0.478 e. The molecule has 0 atom stereocenters. The van der Waals surface area contributed by atoms with Crippen LogP contribution in [-0.4, -0.2) is 11.1 Å². The first-order valence-electron chi connectivity index (χ1n) is 5.61. The molecule has 0 fully saturated rings. The lowest BCUT2D eigenvalue weighted by atomic mass is 9.99. The summed E-state index contributed by atoms with van der Waals surface area (Å²) in [6.45, 7) is 6.14. The smallest absolute Gasteiger partial charge is 0.338 e. The first-order chi connectivity index (χ1) is 8.40. The fourth-order valence-corrected chi connectivity index (χ4v) is 2.93. The molecule has 0 saturated heterocycles. The summed E-state index contributed by atoms with van der Waals surface area (Å²) in [6, 6.07) is 5.85. The SMILES string of the molecule is Cc1cc(C)c(-c2cc(C(=O)O)c(N)s2)cc1C. The highest BCUT2D eigenvalue weighted by Gasteiger charge is 2.15. The summed E-state index contributed by atoms with van der Waals surface area (Å²) in [4.78, 5) is 11.9. The van der Waals surface area contributed by atoms with E-state index in [4.69, 9.17) is 10.8 Å². The second-order valence-corrected chi connectivity index (χ2v) is 5.53. The summed E-state index contributed by atoms with van der Waals surface area (Å²) in [5, 5.41) is 9.38. The maximum Gasteiger partial charge on any atom is 0.338 e. The van der Waals surface area contributed by atoms with Crippen LogP contribution in [0, 0.1) is 20.8 Å². The van der Waals surface area contributed by atoms with Crippen molar-refractivity contribution in [3.63, 3.8) is 0 Å². The molecule has 18 heavy (non-hydrogen) atoms. The van der Waals surface area contributed by atoms with Crippen molar-refractivity contribution in [2.45, 2.75) is 20.8 Å². The van der Waals surface area contributed by atoms with Crippen molar-refractivity contribution >= 4 is 22.3 Å². The van der Waals surface area contributed by atoms with Gasteiger partial charge >= 0.3 is 5.97 Å². The molecule has 94 valence electrons. The predicted molar refractivity (Wildman–Crippen MR) is 75.3 cm³/mol. The molecule has 0 aliphatic carbocycles. The number of carboxylic acid groups (broad SMARTS) is 1. The van der Waals surface area contributed by atoms with Crippen molar-refractivity contribution in [2.75, 3.05) is 5.73 Å². The van der Waals surface area contributed by atoms with Crippen LogP contribution in [-0.2, 0) is 0 Å². The first-order valence-corrected chi connectivity index (χ1v) is 6.42. The van der Waals surface area contributed by atoms with Crippen LogP contribution in [0.15, 0.2) is 18.2 Å². The predicted octanol–water partition coefficient (Wildman–Crippen LogP) is 3.62. The zero-order valence-electron chi connectivity index (χ0n) is 10.6. The Morgan fingerprint density at radius 3 is 2.28 bits per heavy atom. The van der Waals surface area contributed by atoms with E-state index in [1.165, 1.54) is 22.5 Å². The quantitative estimate of drug-likeness (QED) is 0.867. The van der Waals surface area contributed by atoms with Crippen LogP contribution in [0.25, 0.3) is 10.4 Å². The van der Waals surface area contributed by atoms with Crippen LogP contribution in [0.4, 0.5) is 5.00 Å². The molecule has 1 heterocycles. The number of hydrogen-bond acceptors (Lipinski definition) is 3. The average molecular weight is 261 g/mol. The molecule has 1 aromatic heterocycles. The van der Waals surface area contributed by atoms with Gasteiger partial charge in [-0.15, -0.1) is 11.3 Å². The Morgan fingerprint density at radius 1 is 1.11 bits per heavy atom. The summed E-state index contributed by atoms with van der Waals surface area (Å²) < 4.78 is 0. The summed E-state index contributed by atoms with van der Waals surface area (Å²) in [5.41, 5.74) is 10.5. The van der Waals surface area contributed by atoms with Crippen molar-refractivity contribution < 1.29 is 9.90 Å². The molecular weight excluding hydrogens is 246 g/mol. The lowest BCUT2D eigenvalue weighted by Gasteiger charge is -2.07. The van der Waals surface area contributed by atoms with Crippen molar-refractivity contribution in [1.29, 1.82) is 0 Å². The second kappa shape index (κ2) is 4.46. The van der Waals surface area contributed by atoms with Crippen molar-refractivity contribution in [3.05, 3.63) is 40.5 Å². The maximum absolute atomic E-state index is 11.0. The molecule has 3 N–H and O–H groups in total. The number of carboxylic acids is 1. The van der Waals surface area contributed by atoms with Gasteiger partial charge in [0.15, 0.2) is 0 Å². The number of nitrogen functional groups attached to an aromatic ring is 1. The van der Waals surface area contributed by atoms with E-state index in [2.05, 4.69) is 19.1 Å². The highest BCUT2D eigenvalue weighted by Crippen LogP contribution is 2.36. The number of rotatable bonds is 2. The average Bonchev–Trinajstić information content (AvgIpc) is 2.65. The summed E-state index contributed by atoms with van der Waals surface area (Å²) in [5.74, 6) is -0.975. The zero-order chi connectivity index (χ0) is 13.4. The Balaban J connectivity index is 2.59. The Morgan fingerprint density at radius 2 is 1.72 bits per heavy atom. The van der Waals surface area contributed by atoms with Crippen LogP contribution in [0.1, 0.15) is 27.0 Å².